The van der Waals surface area contributed by atoms with Gasteiger partial charge >= 0.3 is 0 Å². The van der Waals surface area contributed by atoms with Crippen LogP contribution in [0.3, 0.4) is 0 Å². The molecule has 0 aliphatic rings. The third-order valence-electron chi connectivity index (χ3n) is 7.55. The number of nitrogens with one attached hydrogen (secondary N) is 1. The number of anilines is 1. The number of carbonyl (C=O) groups excluding carboxylic acids is 2. The van der Waals surface area contributed by atoms with Crippen LogP contribution in [0, 0.1) is 6.92 Å². The van der Waals surface area contributed by atoms with E-state index in [4.69, 9.17) is 0 Å². The first kappa shape index (κ1) is 32.5. The van der Waals surface area contributed by atoms with E-state index in [0.717, 1.165) is 28.7 Å². The summed E-state index contributed by atoms with van der Waals surface area (Å²) in [7, 11) is -4.13. The van der Waals surface area contributed by atoms with Crippen LogP contribution in [0.1, 0.15) is 42.5 Å². The van der Waals surface area contributed by atoms with Gasteiger partial charge in [0.05, 0.1) is 10.6 Å². The Labute approximate surface area is 261 Å². The van der Waals surface area contributed by atoms with E-state index >= 15 is 0 Å². The van der Waals surface area contributed by atoms with Crippen molar-refractivity contribution < 1.29 is 18.0 Å². The number of para-hydroxylation sites is 1. The molecule has 7 nitrogen and oxygen atoms in total. The molecule has 230 valence electrons. The molecule has 0 saturated heterocycles. The Morgan fingerprint density at radius 2 is 1.39 bits per heavy atom. The molecule has 1 N–H and O–H groups in total. The second-order valence-corrected chi connectivity index (χ2v) is 12.7. The maximum atomic E-state index is 14.5. The summed E-state index contributed by atoms with van der Waals surface area (Å²) in [4.78, 5) is 29.9. The molecule has 4 aromatic carbocycles. The molecule has 0 aromatic heterocycles. The maximum absolute atomic E-state index is 14.5. The number of benzene rings is 4. The predicted octanol–water partition coefficient (Wildman–Crippen LogP) is 5.92. The van der Waals surface area contributed by atoms with Gasteiger partial charge in [-0.15, -0.1) is 0 Å². The molecule has 4 rings (SSSR count). The van der Waals surface area contributed by atoms with Gasteiger partial charge in [0.2, 0.25) is 11.8 Å². The monoisotopic (exact) mass is 611 g/mol. The van der Waals surface area contributed by atoms with Crippen LogP contribution in [-0.4, -0.2) is 44.3 Å². The van der Waals surface area contributed by atoms with E-state index in [0.29, 0.717) is 18.7 Å². The van der Waals surface area contributed by atoms with E-state index in [-0.39, 0.29) is 23.8 Å². The number of carbonyl (C=O) groups is 2. The van der Waals surface area contributed by atoms with Crippen LogP contribution < -0.4 is 9.62 Å². The molecular formula is C36H41N3O4S. The first-order valence-corrected chi connectivity index (χ1v) is 16.5. The third kappa shape index (κ3) is 8.14. The van der Waals surface area contributed by atoms with Gasteiger partial charge < -0.3 is 10.2 Å². The van der Waals surface area contributed by atoms with Gasteiger partial charge in [0, 0.05) is 19.5 Å². The Balaban J connectivity index is 1.81. The number of sulfonamides is 1. The lowest BCUT2D eigenvalue weighted by molar-refractivity contribution is -0.140. The standard InChI is InChI=1S/C36H41N3O4S/c1-4-24-37-36(41)34(25-29-14-8-6-9-15-29)38(26-30-22-20-28(3)21-23-30)35(40)27-39(33-19-13-12-16-31(33)5-2)44(42,43)32-17-10-7-11-18-32/h6-23,34H,4-5,24-27H2,1-3H3,(H,37,41)/t34-/m0/s1. The molecule has 0 aliphatic carbocycles. The van der Waals surface area contributed by atoms with E-state index in [1.54, 1.807) is 30.3 Å². The quantitative estimate of drug-likeness (QED) is 0.192. The molecule has 1 atom stereocenters. The van der Waals surface area contributed by atoms with E-state index in [9.17, 15) is 18.0 Å². The van der Waals surface area contributed by atoms with Crippen molar-refractivity contribution in [3.63, 3.8) is 0 Å². The highest BCUT2D eigenvalue weighted by molar-refractivity contribution is 7.92. The number of aryl methyl sites for hydroxylation is 2. The summed E-state index contributed by atoms with van der Waals surface area (Å²) in [6.45, 7) is 6.05. The molecule has 0 aliphatic heterocycles. The minimum Gasteiger partial charge on any atom is -0.354 e. The molecule has 8 heteroatoms. The molecule has 0 spiro atoms. The van der Waals surface area contributed by atoms with Crippen LogP contribution in [0.15, 0.2) is 114 Å². The van der Waals surface area contributed by atoms with E-state index in [1.807, 2.05) is 87.5 Å². The van der Waals surface area contributed by atoms with Crippen LogP contribution in [0.2, 0.25) is 0 Å². The lowest BCUT2D eigenvalue weighted by Gasteiger charge is -2.34. The van der Waals surface area contributed by atoms with Crippen LogP contribution >= 0.6 is 0 Å². The zero-order chi connectivity index (χ0) is 31.5. The van der Waals surface area contributed by atoms with Crippen molar-refractivity contribution in [1.29, 1.82) is 0 Å². The number of hydrogen-bond acceptors (Lipinski definition) is 4. The van der Waals surface area contributed by atoms with Crippen molar-refractivity contribution >= 4 is 27.5 Å². The Morgan fingerprint density at radius 3 is 2.02 bits per heavy atom. The number of nitrogens with zero attached hydrogens (tertiary/aromatic N) is 2. The van der Waals surface area contributed by atoms with Gasteiger partial charge in [-0.2, -0.15) is 0 Å². The average molecular weight is 612 g/mol. The van der Waals surface area contributed by atoms with Crippen molar-refractivity contribution in [2.24, 2.45) is 0 Å². The fourth-order valence-electron chi connectivity index (χ4n) is 5.10. The van der Waals surface area contributed by atoms with Crippen molar-refractivity contribution in [1.82, 2.24) is 10.2 Å². The molecule has 0 saturated carbocycles. The Morgan fingerprint density at radius 1 is 0.773 bits per heavy atom. The first-order valence-electron chi connectivity index (χ1n) is 15.1. The Bertz CT molecular complexity index is 1630. The summed E-state index contributed by atoms with van der Waals surface area (Å²) >= 11 is 0. The third-order valence-corrected chi connectivity index (χ3v) is 9.32. The number of amides is 2. The second-order valence-electron chi connectivity index (χ2n) is 10.8. The van der Waals surface area contributed by atoms with Gasteiger partial charge in [-0.25, -0.2) is 8.42 Å². The van der Waals surface area contributed by atoms with Gasteiger partial charge in [0.1, 0.15) is 12.6 Å². The molecule has 44 heavy (non-hydrogen) atoms. The molecule has 0 bridgehead atoms. The van der Waals surface area contributed by atoms with Crippen molar-refractivity contribution in [2.75, 3.05) is 17.4 Å². The minimum atomic E-state index is -4.13. The van der Waals surface area contributed by atoms with Crippen molar-refractivity contribution in [3.8, 4) is 0 Å². The topological polar surface area (TPSA) is 86.8 Å². The first-order chi connectivity index (χ1) is 21.2. The molecule has 2 amide bonds. The molecule has 0 unspecified atom stereocenters. The molecular weight excluding hydrogens is 570 g/mol. The molecule has 0 heterocycles. The summed E-state index contributed by atoms with van der Waals surface area (Å²) in [6.07, 6.45) is 1.60. The maximum Gasteiger partial charge on any atom is 0.264 e. The van der Waals surface area contributed by atoms with Gasteiger partial charge in [-0.3, -0.25) is 13.9 Å². The van der Waals surface area contributed by atoms with E-state index < -0.39 is 28.5 Å². The van der Waals surface area contributed by atoms with Crippen molar-refractivity contribution in [2.45, 2.75) is 57.5 Å². The van der Waals surface area contributed by atoms with Gasteiger partial charge in [-0.1, -0.05) is 110 Å². The zero-order valence-corrected chi connectivity index (χ0v) is 26.5. The fraction of sp³-hybridized carbons (Fsp3) is 0.278. The lowest BCUT2D eigenvalue weighted by Crippen LogP contribution is -2.53. The lowest BCUT2D eigenvalue weighted by atomic mass is 10.0. The molecule has 0 fully saturated rings. The predicted molar refractivity (Wildman–Crippen MR) is 176 cm³/mol. The minimum absolute atomic E-state index is 0.0883. The van der Waals surface area contributed by atoms with Crippen LogP contribution in [0.25, 0.3) is 0 Å². The largest absolute Gasteiger partial charge is 0.354 e. The SMILES string of the molecule is CCCNC(=O)[C@H](Cc1ccccc1)N(Cc1ccc(C)cc1)C(=O)CN(c1ccccc1CC)S(=O)(=O)c1ccccc1. The van der Waals surface area contributed by atoms with Crippen molar-refractivity contribution in [3.05, 3.63) is 131 Å². The van der Waals surface area contributed by atoms with Gasteiger partial charge in [0.25, 0.3) is 10.0 Å². The molecule has 4 aromatic rings. The second kappa shape index (κ2) is 15.3. The highest BCUT2D eigenvalue weighted by atomic mass is 32.2. The Kier molecular flexibility index (Phi) is 11.3. The summed E-state index contributed by atoms with van der Waals surface area (Å²) in [5, 5.41) is 2.98. The van der Waals surface area contributed by atoms with Crippen LogP contribution in [0.5, 0.6) is 0 Å². The Hall–Kier alpha value is -4.43. The highest BCUT2D eigenvalue weighted by Gasteiger charge is 2.35. The molecule has 0 radical (unpaired) electrons. The van der Waals surface area contributed by atoms with E-state index in [2.05, 4.69) is 5.32 Å². The van der Waals surface area contributed by atoms with Gasteiger partial charge in [-0.05, 0) is 54.7 Å². The van der Waals surface area contributed by atoms with Gasteiger partial charge in [0.15, 0.2) is 0 Å². The summed E-state index contributed by atoms with van der Waals surface area (Å²) in [5.74, 6) is -0.744. The van der Waals surface area contributed by atoms with Crippen LogP contribution in [0.4, 0.5) is 5.69 Å². The average Bonchev–Trinajstić information content (AvgIpc) is 3.05. The highest BCUT2D eigenvalue weighted by Crippen LogP contribution is 2.28. The fourth-order valence-corrected chi connectivity index (χ4v) is 6.57. The number of hydrogen-bond donors (Lipinski definition) is 1. The zero-order valence-electron chi connectivity index (χ0n) is 25.6. The smallest absolute Gasteiger partial charge is 0.264 e. The summed E-state index contributed by atoms with van der Waals surface area (Å²) in [5.41, 5.74) is 4.06. The summed E-state index contributed by atoms with van der Waals surface area (Å²) in [6, 6.07) is 31.9. The van der Waals surface area contributed by atoms with E-state index in [1.165, 1.54) is 21.3 Å². The van der Waals surface area contributed by atoms with Crippen LogP contribution in [-0.2, 0) is 39.0 Å². The number of rotatable bonds is 14. The normalized spacial score (nSPS) is 11.9. The summed E-state index contributed by atoms with van der Waals surface area (Å²) < 4.78 is 29.5.